The molecule has 4 aromatic rings. The van der Waals surface area contributed by atoms with E-state index in [2.05, 4.69) is 10.6 Å². The molecule has 1 saturated carbocycles. The summed E-state index contributed by atoms with van der Waals surface area (Å²) in [7, 11) is 0. The summed E-state index contributed by atoms with van der Waals surface area (Å²) in [6.45, 7) is 0.733. The number of nitrogens with zero attached hydrogens (tertiary/aromatic N) is 2. The van der Waals surface area contributed by atoms with E-state index < -0.39 is 11.3 Å². The van der Waals surface area contributed by atoms with Crippen LogP contribution in [0.3, 0.4) is 0 Å². The minimum atomic E-state index is -0.610. The third-order valence-corrected chi connectivity index (χ3v) is 8.27. The zero-order valence-electron chi connectivity index (χ0n) is 20.9. The summed E-state index contributed by atoms with van der Waals surface area (Å²) in [4.78, 5) is 31.5. The highest BCUT2D eigenvalue weighted by Gasteiger charge is 2.54. The first-order valence-corrected chi connectivity index (χ1v) is 13.0. The molecule has 8 heteroatoms. The molecule has 2 aromatic heterocycles. The van der Waals surface area contributed by atoms with Crippen molar-refractivity contribution in [1.29, 1.82) is 0 Å². The number of hydrogen-bond acceptors (Lipinski definition) is 6. The van der Waals surface area contributed by atoms with Gasteiger partial charge in [0.2, 0.25) is 0 Å². The van der Waals surface area contributed by atoms with Crippen LogP contribution in [0, 0.1) is 0 Å². The molecule has 1 aliphatic carbocycles. The van der Waals surface area contributed by atoms with Crippen LogP contribution in [0.15, 0.2) is 94.2 Å². The van der Waals surface area contributed by atoms with E-state index in [0.717, 1.165) is 22.9 Å². The molecule has 192 valence electrons. The van der Waals surface area contributed by atoms with Crippen molar-refractivity contribution in [2.45, 2.75) is 50.1 Å². The van der Waals surface area contributed by atoms with E-state index in [1.807, 2.05) is 82.6 Å². The second-order valence-corrected chi connectivity index (χ2v) is 10.3. The Morgan fingerprint density at radius 1 is 0.605 bits per heavy atom. The molecule has 0 radical (unpaired) electrons. The highest BCUT2D eigenvalue weighted by molar-refractivity contribution is 6.03. The molecule has 0 saturated heterocycles. The lowest BCUT2D eigenvalue weighted by molar-refractivity contribution is -0.00653. The maximum Gasteiger partial charge on any atom is 0.258 e. The Labute approximate surface area is 220 Å². The van der Waals surface area contributed by atoms with Gasteiger partial charge in [0.1, 0.15) is 22.8 Å². The predicted octanol–water partition coefficient (Wildman–Crippen LogP) is 5.68. The van der Waals surface area contributed by atoms with Crippen LogP contribution in [0.1, 0.15) is 57.9 Å². The summed E-state index contributed by atoms with van der Waals surface area (Å²) in [6.07, 6.45) is 5.84. The zero-order chi connectivity index (χ0) is 25.7. The Balaban J connectivity index is 1.25. The van der Waals surface area contributed by atoms with Gasteiger partial charge in [0.25, 0.3) is 11.8 Å². The van der Waals surface area contributed by atoms with Gasteiger partial charge in [0.05, 0.1) is 36.7 Å². The lowest BCUT2D eigenvalue weighted by Crippen LogP contribution is -2.67. The fourth-order valence-electron chi connectivity index (χ4n) is 6.30. The minimum Gasteiger partial charge on any atom is -0.467 e. The van der Waals surface area contributed by atoms with E-state index in [4.69, 9.17) is 8.83 Å². The van der Waals surface area contributed by atoms with Gasteiger partial charge in [-0.1, -0.05) is 24.3 Å². The van der Waals surface area contributed by atoms with Crippen molar-refractivity contribution < 1.29 is 18.4 Å². The fraction of sp³-hybridized carbons (Fsp3) is 0.267. The van der Waals surface area contributed by atoms with Crippen LogP contribution in [0.5, 0.6) is 0 Å². The molecule has 0 atom stereocenters. The molecule has 1 fully saturated rings. The van der Waals surface area contributed by atoms with Gasteiger partial charge in [0.15, 0.2) is 0 Å². The van der Waals surface area contributed by atoms with Crippen molar-refractivity contribution in [2.24, 2.45) is 0 Å². The second kappa shape index (κ2) is 8.55. The fourth-order valence-corrected chi connectivity index (χ4v) is 6.30. The maximum atomic E-state index is 13.8. The number of fused-ring (bicyclic) bond motifs is 2. The SMILES string of the molecule is O=C1c2ccccc2NC2(CCC3(CC2)Nc2ccccc2C(=O)N3Cc2ccco2)N1Cc1ccco1. The smallest absolute Gasteiger partial charge is 0.258 e. The maximum absolute atomic E-state index is 13.8. The first-order valence-electron chi connectivity index (χ1n) is 13.0. The van der Waals surface area contributed by atoms with E-state index in [1.54, 1.807) is 12.5 Å². The van der Waals surface area contributed by atoms with Gasteiger partial charge in [-0.15, -0.1) is 0 Å². The quantitative estimate of drug-likeness (QED) is 0.369. The topological polar surface area (TPSA) is 91.0 Å². The Morgan fingerprint density at radius 3 is 1.42 bits per heavy atom. The lowest BCUT2D eigenvalue weighted by atomic mass is 9.76. The summed E-state index contributed by atoms with van der Waals surface area (Å²) >= 11 is 0. The Bertz CT molecular complexity index is 1370. The number of nitrogens with one attached hydrogen (secondary N) is 2. The van der Waals surface area contributed by atoms with Crippen LogP contribution < -0.4 is 10.6 Å². The van der Waals surface area contributed by atoms with Crippen LogP contribution in [0.2, 0.25) is 0 Å². The van der Waals surface area contributed by atoms with Crippen molar-refractivity contribution in [3.8, 4) is 0 Å². The van der Waals surface area contributed by atoms with Gasteiger partial charge in [0, 0.05) is 11.4 Å². The monoisotopic (exact) mass is 508 g/mol. The highest BCUT2D eigenvalue weighted by atomic mass is 16.3. The number of amides is 2. The van der Waals surface area contributed by atoms with Crippen LogP contribution >= 0.6 is 0 Å². The summed E-state index contributed by atoms with van der Waals surface area (Å²) < 4.78 is 11.3. The van der Waals surface area contributed by atoms with Gasteiger partial charge >= 0.3 is 0 Å². The number of carbonyl (C=O) groups excluding carboxylic acids is 2. The zero-order valence-corrected chi connectivity index (χ0v) is 20.9. The first kappa shape index (κ1) is 22.7. The van der Waals surface area contributed by atoms with Gasteiger partial charge in [-0.3, -0.25) is 9.59 Å². The number of benzene rings is 2. The van der Waals surface area contributed by atoms with Crippen molar-refractivity contribution in [1.82, 2.24) is 9.80 Å². The van der Waals surface area contributed by atoms with E-state index >= 15 is 0 Å². The van der Waals surface area contributed by atoms with E-state index in [0.29, 0.717) is 49.9 Å². The highest BCUT2D eigenvalue weighted by Crippen LogP contribution is 2.48. The molecule has 2 spiro atoms. The molecular formula is C30H28N4O4. The number of anilines is 2. The summed E-state index contributed by atoms with van der Waals surface area (Å²) in [6, 6.07) is 22.8. The lowest BCUT2D eigenvalue weighted by Gasteiger charge is -2.57. The molecule has 0 bridgehead atoms. The van der Waals surface area contributed by atoms with Gasteiger partial charge in [-0.25, -0.2) is 0 Å². The minimum absolute atomic E-state index is 0.0165. The molecule has 7 rings (SSSR count). The molecule has 2 N–H and O–H groups in total. The molecule has 2 amide bonds. The van der Waals surface area contributed by atoms with Crippen LogP contribution in [-0.2, 0) is 13.1 Å². The Kier molecular flexibility index (Phi) is 5.11. The van der Waals surface area contributed by atoms with Crippen molar-refractivity contribution in [3.63, 3.8) is 0 Å². The number of para-hydroxylation sites is 2. The van der Waals surface area contributed by atoms with Crippen molar-refractivity contribution in [3.05, 3.63) is 108 Å². The summed E-state index contributed by atoms with van der Waals surface area (Å²) in [5, 5.41) is 7.46. The average Bonchev–Trinajstić information content (AvgIpc) is 3.65. The third-order valence-electron chi connectivity index (χ3n) is 8.27. The van der Waals surface area contributed by atoms with Gasteiger partial charge in [-0.2, -0.15) is 0 Å². The van der Waals surface area contributed by atoms with Crippen molar-refractivity contribution >= 4 is 23.2 Å². The predicted molar refractivity (Wildman–Crippen MR) is 141 cm³/mol. The molecule has 3 aliphatic rings. The Hall–Kier alpha value is -4.46. The first-order chi connectivity index (χ1) is 18.6. The largest absolute Gasteiger partial charge is 0.467 e. The number of hydrogen-bond donors (Lipinski definition) is 2. The number of furan rings is 2. The molecule has 2 aliphatic heterocycles. The molecule has 38 heavy (non-hydrogen) atoms. The van der Waals surface area contributed by atoms with Crippen LogP contribution in [-0.4, -0.2) is 32.9 Å². The second-order valence-electron chi connectivity index (χ2n) is 10.3. The van der Waals surface area contributed by atoms with E-state index in [9.17, 15) is 9.59 Å². The van der Waals surface area contributed by atoms with Gasteiger partial charge in [-0.05, 0) is 74.2 Å². The van der Waals surface area contributed by atoms with Crippen molar-refractivity contribution in [2.75, 3.05) is 10.6 Å². The average molecular weight is 509 g/mol. The normalized spacial score (nSPS) is 24.2. The molecule has 4 heterocycles. The van der Waals surface area contributed by atoms with Gasteiger partial charge < -0.3 is 29.3 Å². The van der Waals surface area contributed by atoms with Crippen LogP contribution in [0.4, 0.5) is 11.4 Å². The molecular weight excluding hydrogens is 480 g/mol. The third kappa shape index (κ3) is 3.51. The molecule has 2 aromatic carbocycles. The number of carbonyl (C=O) groups is 2. The summed E-state index contributed by atoms with van der Waals surface area (Å²) in [5.41, 5.74) is 1.78. The van der Waals surface area contributed by atoms with Crippen LogP contribution in [0.25, 0.3) is 0 Å². The van der Waals surface area contributed by atoms with E-state index in [1.165, 1.54) is 0 Å². The van der Waals surface area contributed by atoms with E-state index in [-0.39, 0.29) is 11.8 Å². The molecule has 8 nitrogen and oxygen atoms in total. The summed E-state index contributed by atoms with van der Waals surface area (Å²) in [5.74, 6) is 1.44. The Morgan fingerprint density at radius 2 is 1.03 bits per heavy atom. The number of rotatable bonds is 4. The standard InChI is InChI=1S/C30H28N4O4/c35-27-23-9-1-3-11-25(23)31-29(33(27)19-21-7-5-17-37-21)13-15-30(16-14-29)32-26-12-4-2-10-24(26)28(36)34(30)20-22-8-6-18-38-22/h1-12,17-18,31-32H,13-16,19-20H2. The molecule has 0 unspecified atom stereocenters.